The van der Waals surface area contributed by atoms with Gasteiger partial charge in [0, 0.05) is 6.26 Å². The van der Waals surface area contributed by atoms with Crippen LogP contribution in [-0.4, -0.2) is 20.8 Å². The van der Waals surface area contributed by atoms with Crippen LogP contribution in [0.15, 0.2) is 22.6 Å². The van der Waals surface area contributed by atoms with Crippen molar-refractivity contribution < 1.29 is 21.6 Å². The summed E-state index contributed by atoms with van der Waals surface area (Å²) < 4.78 is 59.1. The van der Waals surface area contributed by atoms with Crippen molar-refractivity contribution in [3.63, 3.8) is 0 Å². The van der Waals surface area contributed by atoms with E-state index in [1.54, 1.807) is 0 Å². The third-order valence-corrected chi connectivity index (χ3v) is 3.20. The van der Waals surface area contributed by atoms with Gasteiger partial charge in [-0.1, -0.05) is 12.2 Å². The Morgan fingerprint density at radius 1 is 1.36 bits per heavy atom. The van der Waals surface area contributed by atoms with E-state index in [0.717, 1.165) is 12.3 Å². The molecule has 0 aromatic heterocycles. The Labute approximate surface area is 80.0 Å². The summed E-state index contributed by atoms with van der Waals surface area (Å²) >= 11 is 0. The summed E-state index contributed by atoms with van der Waals surface area (Å²) in [7, 11) is -3.75. The Bertz CT molecular complexity index is 387. The maximum Gasteiger partial charge on any atom is 0.417 e. The molecule has 0 unspecified atom stereocenters. The van der Waals surface area contributed by atoms with E-state index in [2.05, 4.69) is 0 Å². The van der Waals surface area contributed by atoms with E-state index < -0.39 is 26.5 Å². The van der Waals surface area contributed by atoms with Crippen LogP contribution in [0, 0.1) is 0 Å². The molecule has 1 aliphatic rings. The van der Waals surface area contributed by atoms with Crippen molar-refractivity contribution in [2.24, 2.45) is 0 Å². The van der Waals surface area contributed by atoms with Gasteiger partial charge in [-0.3, -0.25) is 0 Å². The monoisotopic (exact) mass is 226 g/mol. The standard InChI is InChI=1S/C8H9F3O2S/c1-14(12,13)7-5-3-2-4-6(7)8(9,10)11/h2,4H,3,5H2,1H3. The van der Waals surface area contributed by atoms with Gasteiger partial charge in [0.1, 0.15) is 0 Å². The molecule has 0 heterocycles. The van der Waals surface area contributed by atoms with Gasteiger partial charge in [0.15, 0.2) is 9.84 Å². The molecule has 0 amide bonds. The van der Waals surface area contributed by atoms with Crippen molar-refractivity contribution in [1.82, 2.24) is 0 Å². The molecular weight excluding hydrogens is 217 g/mol. The molecule has 0 aromatic carbocycles. The molecule has 6 heteroatoms. The Balaban J connectivity index is 3.33. The van der Waals surface area contributed by atoms with Crippen molar-refractivity contribution in [1.29, 1.82) is 0 Å². The predicted octanol–water partition coefficient (Wildman–Crippen LogP) is 2.20. The van der Waals surface area contributed by atoms with Crippen LogP contribution in [0.2, 0.25) is 0 Å². The molecule has 1 rings (SSSR count). The highest BCUT2D eigenvalue weighted by molar-refractivity contribution is 7.94. The lowest BCUT2D eigenvalue weighted by molar-refractivity contribution is -0.0889. The number of hydrogen-bond donors (Lipinski definition) is 0. The van der Waals surface area contributed by atoms with Crippen LogP contribution in [0.25, 0.3) is 0 Å². The van der Waals surface area contributed by atoms with Gasteiger partial charge in [0.2, 0.25) is 0 Å². The Kier molecular flexibility index (Phi) is 2.76. The van der Waals surface area contributed by atoms with Crippen LogP contribution in [-0.2, 0) is 9.84 Å². The molecular formula is C8H9F3O2S. The Hall–Kier alpha value is -0.780. The summed E-state index contributed by atoms with van der Waals surface area (Å²) in [5.41, 5.74) is -1.04. The van der Waals surface area contributed by atoms with Gasteiger partial charge in [-0.2, -0.15) is 13.2 Å². The van der Waals surface area contributed by atoms with Crippen molar-refractivity contribution in [2.45, 2.75) is 19.0 Å². The van der Waals surface area contributed by atoms with E-state index in [4.69, 9.17) is 0 Å². The summed E-state index contributed by atoms with van der Waals surface area (Å²) in [6.07, 6.45) is -1.36. The van der Waals surface area contributed by atoms with Crippen LogP contribution in [0.3, 0.4) is 0 Å². The quantitative estimate of drug-likeness (QED) is 0.686. The molecule has 14 heavy (non-hydrogen) atoms. The topological polar surface area (TPSA) is 34.1 Å². The first-order valence-corrected chi connectivity index (χ1v) is 5.79. The zero-order chi connectivity index (χ0) is 11.0. The number of allylic oxidation sites excluding steroid dienone is 4. The van der Waals surface area contributed by atoms with Crippen molar-refractivity contribution in [3.8, 4) is 0 Å². The summed E-state index contributed by atoms with van der Waals surface area (Å²) in [6.45, 7) is 0. The fraction of sp³-hybridized carbons (Fsp3) is 0.500. The van der Waals surface area contributed by atoms with E-state index in [0.29, 0.717) is 6.42 Å². The van der Waals surface area contributed by atoms with Crippen molar-refractivity contribution in [3.05, 3.63) is 22.6 Å². The number of alkyl halides is 3. The summed E-state index contributed by atoms with van der Waals surface area (Å²) in [4.78, 5) is -0.507. The molecule has 0 N–H and O–H groups in total. The van der Waals surface area contributed by atoms with Gasteiger partial charge >= 0.3 is 6.18 Å². The van der Waals surface area contributed by atoms with Gasteiger partial charge in [0.25, 0.3) is 0 Å². The SMILES string of the molecule is CS(=O)(=O)C1=C(C(F)(F)F)C=CCC1. The lowest BCUT2D eigenvalue weighted by Gasteiger charge is -2.16. The van der Waals surface area contributed by atoms with Crippen LogP contribution in [0.4, 0.5) is 13.2 Å². The molecule has 0 spiro atoms. The first-order chi connectivity index (χ1) is 6.23. The van der Waals surface area contributed by atoms with Crippen LogP contribution >= 0.6 is 0 Å². The first kappa shape index (κ1) is 11.3. The lowest BCUT2D eigenvalue weighted by Crippen LogP contribution is -2.18. The minimum absolute atomic E-state index is 0.0653. The number of sulfone groups is 1. The summed E-state index contributed by atoms with van der Waals surface area (Å²) in [5.74, 6) is 0. The molecule has 0 bridgehead atoms. The second-order valence-corrected chi connectivity index (χ2v) is 5.08. The molecule has 0 fully saturated rings. The van der Waals surface area contributed by atoms with E-state index in [1.165, 1.54) is 6.08 Å². The highest BCUT2D eigenvalue weighted by Gasteiger charge is 2.37. The third-order valence-electron chi connectivity index (χ3n) is 1.88. The fourth-order valence-corrected chi connectivity index (χ4v) is 2.35. The maximum atomic E-state index is 12.3. The first-order valence-electron chi connectivity index (χ1n) is 3.90. The summed E-state index contributed by atoms with van der Waals surface area (Å²) in [5, 5.41) is 0. The third kappa shape index (κ3) is 2.37. The molecule has 80 valence electrons. The molecule has 2 nitrogen and oxygen atoms in total. The molecule has 0 aliphatic heterocycles. The Morgan fingerprint density at radius 2 is 1.93 bits per heavy atom. The van der Waals surface area contributed by atoms with Crippen LogP contribution in [0.5, 0.6) is 0 Å². The average Bonchev–Trinajstić information content (AvgIpc) is 2.01. The normalized spacial score (nSPS) is 18.9. The fourth-order valence-electron chi connectivity index (χ4n) is 1.28. The van der Waals surface area contributed by atoms with Crippen LogP contribution in [0.1, 0.15) is 12.8 Å². The van der Waals surface area contributed by atoms with Crippen molar-refractivity contribution in [2.75, 3.05) is 6.26 Å². The zero-order valence-electron chi connectivity index (χ0n) is 7.43. The Morgan fingerprint density at radius 3 is 2.29 bits per heavy atom. The molecule has 0 radical (unpaired) electrons. The second-order valence-electron chi connectivity index (χ2n) is 3.05. The van der Waals surface area contributed by atoms with Gasteiger partial charge in [-0.15, -0.1) is 0 Å². The van der Waals surface area contributed by atoms with Crippen molar-refractivity contribution >= 4 is 9.84 Å². The molecule has 0 saturated carbocycles. The molecule has 0 aromatic rings. The molecule has 0 atom stereocenters. The van der Waals surface area contributed by atoms with E-state index in [9.17, 15) is 21.6 Å². The van der Waals surface area contributed by atoms with E-state index in [1.807, 2.05) is 0 Å². The molecule has 1 aliphatic carbocycles. The average molecular weight is 226 g/mol. The highest BCUT2D eigenvalue weighted by atomic mass is 32.2. The van der Waals surface area contributed by atoms with Gasteiger partial charge in [-0.05, 0) is 12.8 Å². The smallest absolute Gasteiger partial charge is 0.224 e. The van der Waals surface area contributed by atoms with Crippen LogP contribution < -0.4 is 0 Å². The minimum atomic E-state index is -4.59. The van der Waals surface area contributed by atoms with E-state index in [-0.39, 0.29) is 6.42 Å². The second kappa shape index (κ2) is 3.42. The maximum absolute atomic E-state index is 12.3. The van der Waals surface area contributed by atoms with Gasteiger partial charge in [-0.25, -0.2) is 8.42 Å². The minimum Gasteiger partial charge on any atom is -0.224 e. The highest BCUT2D eigenvalue weighted by Crippen LogP contribution is 2.35. The largest absolute Gasteiger partial charge is 0.417 e. The van der Waals surface area contributed by atoms with Gasteiger partial charge < -0.3 is 0 Å². The zero-order valence-corrected chi connectivity index (χ0v) is 8.24. The lowest BCUT2D eigenvalue weighted by atomic mass is 10.1. The van der Waals surface area contributed by atoms with E-state index >= 15 is 0 Å². The number of rotatable bonds is 1. The summed E-state index contributed by atoms with van der Waals surface area (Å²) in [6, 6.07) is 0. The number of hydrogen-bond acceptors (Lipinski definition) is 2. The predicted molar refractivity (Wildman–Crippen MR) is 46.3 cm³/mol. The number of halogens is 3. The van der Waals surface area contributed by atoms with Gasteiger partial charge in [0.05, 0.1) is 10.5 Å². The molecule has 0 saturated heterocycles.